The minimum absolute atomic E-state index is 0.254. The maximum Gasteiger partial charge on any atom is 0.406 e. The number of amides is 1. The first-order chi connectivity index (χ1) is 9.44. The minimum atomic E-state index is -4.35. The quantitative estimate of drug-likeness (QED) is 0.925. The highest BCUT2D eigenvalue weighted by Crippen LogP contribution is 2.32. The van der Waals surface area contributed by atoms with Gasteiger partial charge in [0.05, 0.1) is 0 Å². The standard InChI is InChI=1S/C14H15F3N2O/c15-14(16,17)8-19(11-2-3-11)13(20)10-1-4-12-9(7-10)5-6-18-12/h1,4,7,11,18H,2-3,5-6,8H2. The van der Waals surface area contributed by atoms with E-state index in [-0.39, 0.29) is 6.04 Å². The molecule has 1 fully saturated rings. The van der Waals surface area contributed by atoms with Crippen LogP contribution in [0.2, 0.25) is 0 Å². The van der Waals surface area contributed by atoms with Crippen LogP contribution in [0, 0.1) is 0 Å². The van der Waals surface area contributed by atoms with E-state index < -0.39 is 18.6 Å². The van der Waals surface area contributed by atoms with Gasteiger partial charge in [0, 0.05) is 23.8 Å². The SMILES string of the molecule is O=C(c1ccc2c(c1)CCN2)N(CC(F)(F)F)C1CC1. The van der Waals surface area contributed by atoms with Crippen LogP contribution in [0.1, 0.15) is 28.8 Å². The van der Waals surface area contributed by atoms with Crippen molar-refractivity contribution in [3.63, 3.8) is 0 Å². The summed E-state index contributed by atoms with van der Waals surface area (Å²) in [5, 5.41) is 3.16. The van der Waals surface area contributed by atoms with Crippen molar-refractivity contribution in [1.82, 2.24) is 4.90 Å². The Morgan fingerprint density at radius 2 is 2.10 bits per heavy atom. The third-order valence-corrected chi connectivity index (χ3v) is 3.66. The Hall–Kier alpha value is -1.72. The van der Waals surface area contributed by atoms with Crippen LogP contribution in [0.4, 0.5) is 18.9 Å². The Morgan fingerprint density at radius 3 is 2.75 bits per heavy atom. The number of rotatable bonds is 3. The van der Waals surface area contributed by atoms with Gasteiger partial charge in [0.25, 0.3) is 5.91 Å². The summed E-state index contributed by atoms with van der Waals surface area (Å²) in [4.78, 5) is 13.3. The number of alkyl halides is 3. The van der Waals surface area contributed by atoms with Crippen LogP contribution in [0.3, 0.4) is 0 Å². The van der Waals surface area contributed by atoms with E-state index in [1.807, 2.05) is 0 Å². The zero-order valence-corrected chi connectivity index (χ0v) is 10.8. The summed E-state index contributed by atoms with van der Waals surface area (Å²) in [5.41, 5.74) is 2.32. The molecule has 0 saturated heterocycles. The smallest absolute Gasteiger partial charge is 0.384 e. The van der Waals surface area contributed by atoms with Gasteiger partial charge in [0.2, 0.25) is 0 Å². The Labute approximate surface area is 114 Å². The molecule has 1 aliphatic heterocycles. The minimum Gasteiger partial charge on any atom is -0.384 e. The van der Waals surface area contributed by atoms with Crippen molar-refractivity contribution in [2.45, 2.75) is 31.5 Å². The molecule has 1 amide bonds. The number of nitrogens with zero attached hydrogens (tertiary/aromatic N) is 1. The fourth-order valence-corrected chi connectivity index (χ4v) is 2.55. The lowest BCUT2D eigenvalue weighted by atomic mass is 10.1. The molecule has 0 aromatic heterocycles. The Kier molecular flexibility index (Phi) is 3.11. The molecule has 0 radical (unpaired) electrons. The van der Waals surface area contributed by atoms with E-state index in [2.05, 4.69) is 5.32 Å². The highest BCUT2D eigenvalue weighted by molar-refractivity contribution is 5.95. The first kappa shape index (κ1) is 13.3. The highest BCUT2D eigenvalue weighted by Gasteiger charge is 2.40. The molecule has 0 spiro atoms. The largest absolute Gasteiger partial charge is 0.406 e. The molecule has 1 N–H and O–H groups in total. The summed E-state index contributed by atoms with van der Waals surface area (Å²) in [5.74, 6) is -0.514. The number of carbonyl (C=O) groups excluding carboxylic acids is 1. The molecule has 0 atom stereocenters. The van der Waals surface area contributed by atoms with Crippen LogP contribution in [-0.2, 0) is 6.42 Å². The average Bonchev–Trinajstić information content (AvgIpc) is 3.11. The van der Waals surface area contributed by atoms with E-state index in [9.17, 15) is 18.0 Å². The molecule has 2 aliphatic rings. The highest BCUT2D eigenvalue weighted by atomic mass is 19.4. The number of hydrogen-bond donors (Lipinski definition) is 1. The summed E-state index contributed by atoms with van der Waals surface area (Å²) in [6.07, 6.45) is -2.22. The van der Waals surface area contributed by atoms with Crippen molar-refractivity contribution in [2.24, 2.45) is 0 Å². The predicted molar refractivity (Wildman–Crippen MR) is 68.7 cm³/mol. The number of halogens is 3. The third-order valence-electron chi connectivity index (χ3n) is 3.66. The normalized spacial score (nSPS) is 17.6. The molecular weight excluding hydrogens is 269 g/mol. The maximum absolute atomic E-state index is 12.6. The van der Waals surface area contributed by atoms with Gasteiger partial charge >= 0.3 is 6.18 Å². The molecule has 3 nitrogen and oxygen atoms in total. The van der Waals surface area contributed by atoms with Gasteiger partial charge in [-0.1, -0.05) is 0 Å². The topological polar surface area (TPSA) is 32.3 Å². The second-order valence-corrected chi connectivity index (χ2v) is 5.33. The van der Waals surface area contributed by atoms with Crippen molar-refractivity contribution in [2.75, 3.05) is 18.4 Å². The second kappa shape index (κ2) is 4.68. The summed E-state index contributed by atoms with van der Waals surface area (Å²) in [6, 6.07) is 4.83. The molecule has 108 valence electrons. The zero-order chi connectivity index (χ0) is 14.3. The zero-order valence-electron chi connectivity index (χ0n) is 10.8. The van der Waals surface area contributed by atoms with Crippen LogP contribution in [0.5, 0.6) is 0 Å². The fourth-order valence-electron chi connectivity index (χ4n) is 2.55. The number of hydrogen-bond acceptors (Lipinski definition) is 2. The second-order valence-electron chi connectivity index (χ2n) is 5.33. The lowest BCUT2D eigenvalue weighted by Gasteiger charge is -2.24. The Morgan fingerprint density at radius 1 is 1.35 bits per heavy atom. The number of anilines is 1. The van der Waals surface area contributed by atoms with Crippen molar-refractivity contribution in [3.8, 4) is 0 Å². The van der Waals surface area contributed by atoms with Crippen LogP contribution in [0.25, 0.3) is 0 Å². The van der Waals surface area contributed by atoms with Crippen molar-refractivity contribution >= 4 is 11.6 Å². The molecule has 20 heavy (non-hydrogen) atoms. The van der Waals surface area contributed by atoms with Crippen molar-refractivity contribution < 1.29 is 18.0 Å². The van der Waals surface area contributed by atoms with E-state index in [1.54, 1.807) is 18.2 Å². The number of benzene rings is 1. The van der Waals surface area contributed by atoms with Gasteiger partial charge in [-0.05, 0) is 43.0 Å². The number of carbonyl (C=O) groups is 1. The summed E-state index contributed by atoms with van der Waals surface area (Å²) in [6.45, 7) is -0.353. The molecule has 1 saturated carbocycles. The van der Waals surface area contributed by atoms with E-state index in [4.69, 9.17) is 0 Å². The van der Waals surface area contributed by atoms with Gasteiger partial charge in [-0.2, -0.15) is 13.2 Å². The van der Waals surface area contributed by atoms with Gasteiger partial charge in [0.15, 0.2) is 0 Å². The van der Waals surface area contributed by atoms with Gasteiger partial charge in [-0.15, -0.1) is 0 Å². The Balaban J connectivity index is 1.82. The number of nitrogens with one attached hydrogen (secondary N) is 1. The van der Waals surface area contributed by atoms with Crippen LogP contribution < -0.4 is 5.32 Å². The fraction of sp³-hybridized carbons (Fsp3) is 0.500. The number of fused-ring (bicyclic) bond motifs is 1. The third kappa shape index (κ3) is 2.73. The van der Waals surface area contributed by atoms with Crippen molar-refractivity contribution in [1.29, 1.82) is 0 Å². The van der Waals surface area contributed by atoms with Gasteiger partial charge in [0.1, 0.15) is 6.54 Å². The molecule has 6 heteroatoms. The van der Waals surface area contributed by atoms with Crippen LogP contribution in [0.15, 0.2) is 18.2 Å². The first-order valence-electron chi connectivity index (χ1n) is 6.68. The monoisotopic (exact) mass is 284 g/mol. The molecule has 1 aliphatic carbocycles. The van der Waals surface area contributed by atoms with Crippen LogP contribution in [-0.4, -0.2) is 36.1 Å². The summed E-state index contributed by atoms with van der Waals surface area (Å²) < 4.78 is 37.8. The van der Waals surface area contributed by atoms with E-state index in [0.29, 0.717) is 18.4 Å². The molecule has 1 aromatic carbocycles. The summed E-state index contributed by atoms with van der Waals surface area (Å²) in [7, 11) is 0. The predicted octanol–water partition coefficient (Wildman–Crippen LogP) is 2.82. The van der Waals surface area contributed by atoms with Gasteiger partial charge in [-0.3, -0.25) is 4.79 Å². The Bertz CT molecular complexity index is 538. The molecule has 1 heterocycles. The van der Waals surface area contributed by atoms with Gasteiger partial charge < -0.3 is 10.2 Å². The first-order valence-corrected chi connectivity index (χ1v) is 6.68. The van der Waals surface area contributed by atoms with Crippen LogP contribution >= 0.6 is 0 Å². The molecule has 0 unspecified atom stereocenters. The molecule has 3 rings (SSSR count). The van der Waals surface area contributed by atoms with E-state index in [1.165, 1.54) is 0 Å². The summed E-state index contributed by atoms with van der Waals surface area (Å²) >= 11 is 0. The molecular formula is C14H15F3N2O. The van der Waals surface area contributed by atoms with Gasteiger partial charge in [-0.25, -0.2) is 0 Å². The van der Waals surface area contributed by atoms with E-state index >= 15 is 0 Å². The molecule has 0 bridgehead atoms. The van der Waals surface area contributed by atoms with Crippen molar-refractivity contribution in [3.05, 3.63) is 29.3 Å². The maximum atomic E-state index is 12.6. The lowest BCUT2D eigenvalue weighted by Crippen LogP contribution is -2.40. The lowest BCUT2D eigenvalue weighted by molar-refractivity contribution is -0.141. The van der Waals surface area contributed by atoms with E-state index in [0.717, 1.165) is 29.1 Å². The molecule has 1 aromatic rings. The average molecular weight is 284 g/mol.